The molecule has 0 amide bonds. The lowest BCUT2D eigenvalue weighted by atomic mass is 9.74. The third kappa shape index (κ3) is 35.5. The monoisotopic (exact) mass is 1940 g/mol. The highest BCUT2D eigenvalue weighted by molar-refractivity contribution is 7.87. The van der Waals surface area contributed by atoms with Crippen molar-refractivity contribution in [2.45, 2.75) is 245 Å². The number of nitrogens with zero attached hydrogens (tertiary/aromatic N) is 18. The fourth-order valence-electron chi connectivity index (χ4n) is 11.5. The lowest BCUT2D eigenvalue weighted by Crippen LogP contribution is -2.52. The summed E-state index contributed by atoms with van der Waals surface area (Å²) >= 11 is 0. The second-order valence-electron chi connectivity index (χ2n) is 38.9. The summed E-state index contributed by atoms with van der Waals surface area (Å²) in [6.45, 7) is 40.4. The summed E-state index contributed by atoms with van der Waals surface area (Å²) in [5.41, 5.74) is -5.73. The van der Waals surface area contributed by atoms with Crippen LogP contribution in [0, 0.1) is 10.8 Å². The van der Waals surface area contributed by atoms with Crippen molar-refractivity contribution >= 4 is 71.0 Å². The summed E-state index contributed by atoms with van der Waals surface area (Å²) in [6, 6.07) is 0. The third-order valence-corrected chi connectivity index (χ3v) is 31.8. The zero-order valence-electron chi connectivity index (χ0n) is 80.7. The Morgan fingerprint density at radius 2 is 0.612 bits per heavy atom. The fraction of sp³-hybridized carbons (Fsp3) is 0.630. The Morgan fingerprint density at radius 1 is 0.333 bits per heavy atom. The molecule has 0 aliphatic rings. The SMILES string of the molecule is C[n+]1ccn(C(C)(C)C(C)(C)C(=O)[O-])c1.C[n+]1ccn(C(C)(C)C(C)(C)P(=O)([O-])[O-])c1.C[n+]1ccn(C(C)(C)C(C)(C)S(=O)(=O)[O-])c1.C[n+]1ccn(C(C)(C)CC(=O)[O-])c1.C[n+]1ccn(C(C)(C)CP(=O)([O-])[O-])c1.C[n+]1ccn(C(C)(C)CS(=O)(=O)[O-])c1.C[n+]1ccn(CC(C)(C)C(=O)[O-])c1.C[n+]1ccn(CC(C)(C)P(=O)([O-])[O-])c1.C[n+]1ccn(CC(C)(C)S(=O)(=O)[O-])c1. The second kappa shape index (κ2) is 43.9. The molecule has 42 nitrogen and oxygen atoms in total. The second-order valence-corrected chi connectivity index (χ2v) is 50.1. The van der Waals surface area contributed by atoms with Crippen LogP contribution in [0.15, 0.2) is 168 Å². The largest absolute Gasteiger partial charge is 0.811 e. The van der Waals surface area contributed by atoms with E-state index in [0.717, 1.165) is 0 Å². The van der Waals surface area contributed by atoms with Gasteiger partial charge in [-0.05, 0) is 111 Å². The number of hydrogen-bond donors (Lipinski definition) is 0. The van der Waals surface area contributed by atoms with E-state index in [1.165, 1.54) is 55.4 Å². The van der Waals surface area contributed by atoms with E-state index < -0.39 is 141 Å². The van der Waals surface area contributed by atoms with Crippen LogP contribution in [0.25, 0.3) is 0 Å². The van der Waals surface area contributed by atoms with E-state index >= 15 is 0 Å². The van der Waals surface area contributed by atoms with Crippen molar-refractivity contribution in [1.82, 2.24) is 41.1 Å². The number of carboxylic acid groups (broad SMARTS) is 3. The molecule has 0 aliphatic heterocycles. The van der Waals surface area contributed by atoms with Gasteiger partial charge in [-0.3, -0.25) is 0 Å². The lowest BCUT2D eigenvalue weighted by molar-refractivity contribution is -0.671. The third-order valence-electron chi connectivity index (χ3n) is 22.8. The maximum Gasteiger partial charge on any atom is 0.244 e. The molecule has 48 heteroatoms. The Kier molecular flexibility index (Phi) is 40.3. The van der Waals surface area contributed by atoms with Gasteiger partial charge >= 0.3 is 0 Å². The van der Waals surface area contributed by atoms with Gasteiger partial charge in [-0.1, -0.05) is 78.2 Å². The lowest BCUT2D eigenvalue weighted by Gasteiger charge is -2.52. The predicted molar refractivity (Wildman–Crippen MR) is 452 cm³/mol. The first-order chi connectivity index (χ1) is 57.4. The molecule has 9 aromatic heterocycles. The molecular weight excluding hydrogens is 1800 g/mol. The van der Waals surface area contributed by atoms with Crippen LogP contribution in [0.5, 0.6) is 0 Å². The molecule has 0 fully saturated rings. The molecule has 732 valence electrons. The predicted octanol–water partition coefficient (Wildman–Crippen LogP) is -4.59. The van der Waals surface area contributed by atoms with Gasteiger partial charge in [0.25, 0.3) is 0 Å². The Morgan fingerprint density at radius 3 is 0.860 bits per heavy atom. The molecule has 0 aliphatic carbocycles. The molecule has 129 heavy (non-hydrogen) atoms. The van der Waals surface area contributed by atoms with E-state index in [2.05, 4.69) is 0 Å². The van der Waals surface area contributed by atoms with Crippen LogP contribution in [0.4, 0.5) is 0 Å². The minimum Gasteiger partial charge on any atom is -0.811 e. The summed E-state index contributed by atoms with van der Waals surface area (Å²) in [6.07, 6.45) is 48.1. The van der Waals surface area contributed by atoms with Crippen molar-refractivity contribution in [3.63, 3.8) is 0 Å². The number of carbonyl (C=O) groups is 3. The van der Waals surface area contributed by atoms with E-state index in [0.29, 0.717) is 6.54 Å². The molecule has 9 rings (SSSR count). The van der Waals surface area contributed by atoms with E-state index in [4.69, 9.17) is 0 Å². The highest BCUT2D eigenvalue weighted by Crippen LogP contribution is 2.52. The van der Waals surface area contributed by atoms with Crippen molar-refractivity contribution < 1.29 is 153 Å². The van der Waals surface area contributed by atoms with Crippen LogP contribution in [-0.4, -0.2) is 130 Å². The summed E-state index contributed by atoms with van der Waals surface area (Å²) < 4.78 is 161. The maximum absolute atomic E-state index is 11.3. The number of aliphatic carboxylic acids is 3. The van der Waals surface area contributed by atoms with Crippen molar-refractivity contribution in [1.29, 1.82) is 0 Å². The number of aryl methyl sites for hydroxylation is 9. The van der Waals surface area contributed by atoms with Crippen LogP contribution in [0.2, 0.25) is 0 Å². The Bertz CT molecular complexity index is 5680. The maximum atomic E-state index is 11.3. The standard InChI is InChI=1S/C11H18N2O2.C10H19N2O3P.C10H18N2O3S.2C9H14N2O2.2C8H15N2O3P.2C8H14N2O3S/c1-10(2,9(14)15)11(3,4)13-7-6-12(5)8-13;2*1-9(2,10(3,4)16(13,14)15)12-7-6-11(5)8-12;1-9(2,8(12)13)6-11-5-4-10(3)7-11;1-9(2,6-8(12)13)11-5-4-10(3)7-11;1-8(2,6-14(11,12)13)10-5-4-9(3)7-10;1-8(2,14(11,12)13)6-10-5-4-9(3)7-10;1-8(2,6-14(11,12)13)10-5-4-9(3)7-10;1-8(2,14(11,12)13)6-10-5-4-9(3)7-10/h6-8H,1-5H3;6-8H,1-5H3,(H-,13,14,15);6-8H,1-5H3;2*4-5,7H,6H2,1-3H3;2*4-5,7H,6H2,1-3H3,(H-,11,12,13);2*4-5,7H,6H2,1-3H3/p-3. The zero-order chi connectivity index (χ0) is 101. The van der Waals surface area contributed by atoms with Gasteiger partial charge in [0, 0.05) is 39.7 Å². The van der Waals surface area contributed by atoms with E-state index in [-0.39, 0.29) is 25.7 Å². The Labute approximate surface area is 760 Å². The van der Waals surface area contributed by atoms with Crippen molar-refractivity contribution in [3.05, 3.63) is 168 Å². The number of imidazole rings is 9. The number of hydrogen-bond acceptors (Lipinski definition) is 24. The number of rotatable bonds is 27. The van der Waals surface area contributed by atoms with Crippen LogP contribution < -0.4 is 85.8 Å². The highest BCUT2D eigenvalue weighted by atomic mass is 32.2. The molecule has 9 aromatic rings. The van der Waals surface area contributed by atoms with Crippen molar-refractivity contribution in [3.8, 4) is 0 Å². The normalized spacial score (nSPS) is 13.1. The molecule has 9 heterocycles. The minimum atomic E-state index is -4.68. The summed E-state index contributed by atoms with van der Waals surface area (Å²) in [5, 5.41) is 29.7. The van der Waals surface area contributed by atoms with Crippen molar-refractivity contribution in [2.75, 3.05) is 11.9 Å². The first kappa shape index (κ1) is 118. The molecule has 0 spiro atoms. The van der Waals surface area contributed by atoms with Gasteiger partial charge in [-0.2, -0.15) is 0 Å². The highest BCUT2D eigenvalue weighted by Gasteiger charge is 2.49. The van der Waals surface area contributed by atoms with Crippen LogP contribution in [0.3, 0.4) is 0 Å². The molecule has 0 unspecified atom stereocenters. The molecule has 0 saturated heterocycles. The molecule has 0 aromatic carbocycles. The molecule has 0 radical (unpaired) electrons. The smallest absolute Gasteiger partial charge is 0.244 e. The number of aromatic nitrogens is 18. The van der Waals surface area contributed by atoms with E-state index in [1.807, 2.05) is 175 Å². The first-order valence-electron chi connectivity index (χ1n) is 40.2. The summed E-state index contributed by atoms with van der Waals surface area (Å²) in [7, 11) is -9.86. The van der Waals surface area contributed by atoms with E-state index in [1.54, 1.807) is 250 Å². The number of carboxylic acids is 3. The molecular formula is C81H138N18O24P3S3-3. The quantitative estimate of drug-likeness (QED) is 0.0266. The first-order valence-corrected chi connectivity index (χ1v) is 49.4. The van der Waals surface area contributed by atoms with Gasteiger partial charge in [0.05, 0.1) is 107 Å². The zero-order valence-corrected chi connectivity index (χ0v) is 85.9. The van der Waals surface area contributed by atoms with Gasteiger partial charge in [0.1, 0.15) is 178 Å². The summed E-state index contributed by atoms with van der Waals surface area (Å²) in [5.74, 6) is -3.50. The Hall–Kier alpha value is -8.52. The number of carbonyl (C=O) groups excluding carboxylic acids is 3. The molecule has 0 bridgehead atoms. The molecule has 0 atom stereocenters. The average Bonchev–Trinajstić information content (AvgIpc) is 1.71. The van der Waals surface area contributed by atoms with Gasteiger partial charge in [-0.15, -0.1) is 0 Å². The summed E-state index contributed by atoms with van der Waals surface area (Å²) in [4.78, 5) is 98.1. The van der Waals surface area contributed by atoms with Crippen LogP contribution in [-0.2, 0) is 175 Å². The van der Waals surface area contributed by atoms with Crippen LogP contribution >= 0.6 is 22.8 Å². The average molecular weight is 1940 g/mol. The minimum absolute atomic E-state index is 0.0156. The van der Waals surface area contributed by atoms with Crippen molar-refractivity contribution in [2.24, 2.45) is 74.3 Å². The topological polar surface area (TPSA) is 561 Å². The van der Waals surface area contributed by atoms with E-state index in [9.17, 15) is 112 Å². The van der Waals surface area contributed by atoms with Gasteiger partial charge < -0.3 is 86.4 Å². The molecule has 0 N–H and O–H groups in total. The fourth-order valence-corrected chi connectivity index (χ4v) is 15.7. The van der Waals surface area contributed by atoms with Gasteiger partial charge in [-0.25, -0.2) is 107 Å². The van der Waals surface area contributed by atoms with Crippen LogP contribution in [0.1, 0.15) is 173 Å². The molecule has 0 saturated carbocycles. The van der Waals surface area contributed by atoms with Gasteiger partial charge in [0.2, 0.25) is 56.9 Å². The van der Waals surface area contributed by atoms with Gasteiger partial charge in [0.15, 0.2) is 0 Å². The Balaban J connectivity index is 0.000000726.